The number of amides is 1. The van der Waals surface area contributed by atoms with Crippen LogP contribution in [0.3, 0.4) is 0 Å². The summed E-state index contributed by atoms with van der Waals surface area (Å²) < 4.78 is 5.71. The first-order valence-electron chi connectivity index (χ1n) is 6.05. The summed E-state index contributed by atoms with van der Waals surface area (Å²) in [4.78, 5) is 11.2. The predicted molar refractivity (Wildman–Crippen MR) is 75.5 cm³/mol. The first kappa shape index (κ1) is 13.0. The maximum Gasteiger partial charge on any atom is 0.239 e. The van der Waals surface area contributed by atoms with Gasteiger partial charge in [0.2, 0.25) is 5.91 Å². The van der Waals surface area contributed by atoms with Crippen molar-refractivity contribution in [3.8, 4) is 11.5 Å². The third-order valence-corrected chi connectivity index (χ3v) is 2.54. The van der Waals surface area contributed by atoms with Crippen molar-refractivity contribution in [1.29, 1.82) is 0 Å². The van der Waals surface area contributed by atoms with E-state index in [2.05, 4.69) is 10.6 Å². The van der Waals surface area contributed by atoms with Crippen molar-refractivity contribution in [2.45, 2.75) is 0 Å². The zero-order valence-electron chi connectivity index (χ0n) is 10.7. The highest BCUT2D eigenvalue weighted by Gasteiger charge is 2.00. The van der Waals surface area contributed by atoms with Crippen molar-refractivity contribution < 1.29 is 9.53 Å². The van der Waals surface area contributed by atoms with Crippen LogP contribution in [0.1, 0.15) is 0 Å². The molecule has 0 aliphatic carbocycles. The largest absolute Gasteiger partial charge is 0.457 e. The Bertz CT molecular complexity index is 541. The quantitative estimate of drug-likeness (QED) is 0.864. The number of carbonyl (C=O) groups is 1. The number of hydrogen-bond acceptors (Lipinski definition) is 3. The van der Waals surface area contributed by atoms with E-state index >= 15 is 0 Å². The molecule has 0 saturated heterocycles. The highest BCUT2D eigenvalue weighted by Crippen LogP contribution is 2.23. The maximum atomic E-state index is 11.2. The number of benzene rings is 2. The molecule has 0 fully saturated rings. The molecule has 1 amide bonds. The Morgan fingerprint density at radius 3 is 2.53 bits per heavy atom. The molecule has 2 aromatic carbocycles. The van der Waals surface area contributed by atoms with Crippen LogP contribution in [0.25, 0.3) is 0 Å². The van der Waals surface area contributed by atoms with E-state index in [1.807, 2.05) is 54.6 Å². The summed E-state index contributed by atoms with van der Waals surface area (Å²) in [6.07, 6.45) is 0. The molecule has 0 saturated carbocycles. The summed E-state index contributed by atoms with van der Waals surface area (Å²) in [5.41, 5.74) is 0.844. The molecule has 4 nitrogen and oxygen atoms in total. The standard InChI is InChI=1S/C15H16N2O2/c1-16-15(18)11-17-12-6-5-9-14(10-12)19-13-7-3-2-4-8-13/h2-10,17H,11H2,1H3,(H,16,18). The summed E-state index contributed by atoms with van der Waals surface area (Å²) in [5, 5.41) is 5.59. The van der Waals surface area contributed by atoms with Crippen LogP contribution in [0, 0.1) is 0 Å². The SMILES string of the molecule is CNC(=O)CNc1cccc(Oc2ccccc2)c1. The maximum absolute atomic E-state index is 11.2. The molecule has 0 aliphatic rings. The molecule has 2 rings (SSSR count). The Labute approximate surface area is 112 Å². The third kappa shape index (κ3) is 4.03. The fourth-order valence-electron chi connectivity index (χ4n) is 1.56. The van der Waals surface area contributed by atoms with Crippen LogP contribution in [0.2, 0.25) is 0 Å². The van der Waals surface area contributed by atoms with Crippen LogP contribution < -0.4 is 15.4 Å². The monoisotopic (exact) mass is 256 g/mol. The van der Waals surface area contributed by atoms with Crippen molar-refractivity contribution in [3.05, 3.63) is 54.6 Å². The van der Waals surface area contributed by atoms with E-state index in [4.69, 9.17) is 4.74 Å². The van der Waals surface area contributed by atoms with Crippen LogP contribution in [0.15, 0.2) is 54.6 Å². The van der Waals surface area contributed by atoms with Crippen LogP contribution in [0.5, 0.6) is 11.5 Å². The minimum Gasteiger partial charge on any atom is -0.457 e. The summed E-state index contributed by atoms with van der Waals surface area (Å²) in [7, 11) is 1.61. The first-order chi connectivity index (χ1) is 9.28. The van der Waals surface area contributed by atoms with Crippen LogP contribution in [-0.4, -0.2) is 19.5 Å². The molecule has 2 N–H and O–H groups in total. The molecule has 0 unspecified atom stereocenters. The van der Waals surface area contributed by atoms with Crippen molar-refractivity contribution in [1.82, 2.24) is 5.32 Å². The number of anilines is 1. The van der Waals surface area contributed by atoms with Crippen LogP contribution in [0.4, 0.5) is 5.69 Å². The summed E-state index contributed by atoms with van der Waals surface area (Å²) >= 11 is 0. The lowest BCUT2D eigenvalue weighted by atomic mass is 10.3. The molecule has 0 atom stereocenters. The second-order valence-corrected chi connectivity index (χ2v) is 3.97. The van der Waals surface area contributed by atoms with Crippen LogP contribution in [-0.2, 0) is 4.79 Å². The highest BCUT2D eigenvalue weighted by atomic mass is 16.5. The molecule has 4 heteroatoms. The minimum absolute atomic E-state index is 0.0608. The van der Waals surface area contributed by atoms with Gasteiger partial charge < -0.3 is 15.4 Å². The number of ether oxygens (including phenoxy) is 1. The zero-order valence-corrected chi connectivity index (χ0v) is 10.7. The number of hydrogen-bond donors (Lipinski definition) is 2. The molecule has 0 aromatic heterocycles. The molecule has 0 radical (unpaired) electrons. The normalized spacial score (nSPS) is 9.74. The van der Waals surface area contributed by atoms with Gasteiger partial charge in [0, 0.05) is 18.8 Å². The lowest BCUT2D eigenvalue weighted by molar-refractivity contribution is -0.118. The van der Waals surface area contributed by atoms with Gasteiger partial charge in [-0.3, -0.25) is 4.79 Å². The molecule has 98 valence electrons. The molecule has 2 aromatic rings. The Morgan fingerprint density at radius 2 is 1.79 bits per heavy atom. The number of para-hydroxylation sites is 1. The van der Waals surface area contributed by atoms with Gasteiger partial charge >= 0.3 is 0 Å². The average molecular weight is 256 g/mol. The minimum atomic E-state index is -0.0608. The Hall–Kier alpha value is -2.49. The second kappa shape index (κ2) is 6.44. The zero-order chi connectivity index (χ0) is 13.5. The van der Waals surface area contributed by atoms with E-state index in [9.17, 15) is 4.79 Å². The van der Waals surface area contributed by atoms with Crippen molar-refractivity contribution in [3.63, 3.8) is 0 Å². The Kier molecular flexibility index (Phi) is 4.39. The third-order valence-electron chi connectivity index (χ3n) is 2.54. The van der Waals surface area contributed by atoms with Gasteiger partial charge in [-0.1, -0.05) is 24.3 Å². The van der Waals surface area contributed by atoms with E-state index < -0.39 is 0 Å². The smallest absolute Gasteiger partial charge is 0.239 e. The van der Waals surface area contributed by atoms with Crippen molar-refractivity contribution in [2.24, 2.45) is 0 Å². The van der Waals surface area contributed by atoms with E-state index in [0.29, 0.717) is 0 Å². The van der Waals surface area contributed by atoms with Gasteiger partial charge in [-0.25, -0.2) is 0 Å². The van der Waals surface area contributed by atoms with E-state index in [1.165, 1.54) is 0 Å². The lowest BCUT2D eigenvalue weighted by Gasteiger charge is -2.09. The summed E-state index contributed by atoms with van der Waals surface area (Å²) in [6.45, 7) is 0.241. The average Bonchev–Trinajstić information content (AvgIpc) is 2.46. The molecule has 0 spiro atoms. The number of likely N-dealkylation sites (N-methyl/N-ethyl adjacent to an activating group) is 1. The van der Waals surface area contributed by atoms with Gasteiger partial charge in [0.05, 0.1) is 6.54 Å². The highest BCUT2D eigenvalue weighted by molar-refractivity contribution is 5.80. The molecule has 19 heavy (non-hydrogen) atoms. The number of nitrogens with one attached hydrogen (secondary N) is 2. The van der Waals surface area contributed by atoms with Gasteiger partial charge in [-0.15, -0.1) is 0 Å². The topological polar surface area (TPSA) is 50.4 Å². The summed E-state index contributed by atoms with van der Waals surface area (Å²) in [5.74, 6) is 1.45. The van der Waals surface area contributed by atoms with Gasteiger partial charge in [-0.2, -0.15) is 0 Å². The fraction of sp³-hybridized carbons (Fsp3) is 0.133. The molecule has 0 heterocycles. The van der Waals surface area contributed by atoms with Gasteiger partial charge in [0.25, 0.3) is 0 Å². The van der Waals surface area contributed by atoms with Crippen molar-refractivity contribution in [2.75, 3.05) is 18.9 Å². The van der Waals surface area contributed by atoms with Gasteiger partial charge in [0.15, 0.2) is 0 Å². The molecular weight excluding hydrogens is 240 g/mol. The molecular formula is C15H16N2O2. The second-order valence-electron chi connectivity index (χ2n) is 3.97. The fourth-order valence-corrected chi connectivity index (χ4v) is 1.56. The molecule has 0 aliphatic heterocycles. The van der Waals surface area contributed by atoms with Gasteiger partial charge in [-0.05, 0) is 24.3 Å². The van der Waals surface area contributed by atoms with Gasteiger partial charge in [0.1, 0.15) is 11.5 Å². The van der Waals surface area contributed by atoms with Crippen LogP contribution >= 0.6 is 0 Å². The Balaban J connectivity index is 2.01. The van der Waals surface area contributed by atoms with E-state index in [1.54, 1.807) is 7.05 Å². The predicted octanol–water partition coefficient (Wildman–Crippen LogP) is 2.64. The Morgan fingerprint density at radius 1 is 1.05 bits per heavy atom. The number of rotatable bonds is 5. The van der Waals surface area contributed by atoms with E-state index in [-0.39, 0.29) is 12.5 Å². The van der Waals surface area contributed by atoms with E-state index in [0.717, 1.165) is 17.2 Å². The number of carbonyl (C=O) groups excluding carboxylic acids is 1. The molecule has 0 bridgehead atoms. The summed E-state index contributed by atoms with van der Waals surface area (Å²) in [6, 6.07) is 17.1. The lowest BCUT2D eigenvalue weighted by Crippen LogP contribution is -2.26. The first-order valence-corrected chi connectivity index (χ1v) is 6.05. The van der Waals surface area contributed by atoms with Crippen molar-refractivity contribution >= 4 is 11.6 Å².